The number of hydrogen-bond donors (Lipinski definition) is 1. The highest BCUT2D eigenvalue weighted by Crippen LogP contribution is 2.10. The van der Waals surface area contributed by atoms with Gasteiger partial charge >= 0.3 is 0 Å². The molecule has 1 aliphatic rings. The number of pyridine rings is 1. The van der Waals surface area contributed by atoms with Gasteiger partial charge in [0.05, 0.1) is 5.56 Å². The van der Waals surface area contributed by atoms with E-state index >= 15 is 0 Å². The van der Waals surface area contributed by atoms with Crippen LogP contribution in [-0.2, 0) is 0 Å². The lowest BCUT2D eigenvalue weighted by atomic mass is 10.2. The molecule has 0 saturated carbocycles. The number of likely N-dealkylation sites (tertiary alicyclic amines) is 1. The molecule has 0 aromatic carbocycles. The third-order valence-electron chi connectivity index (χ3n) is 3.25. The maximum absolute atomic E-state index is 11.8. The van der Waals surface area contributed by atoms with E-state index in [1.54, 1.807) is 24.5 Å². The number of nitrogens with one attached hydrogen (secondary N) is 1. The zero-order valence-corrected chi connectivity index (χ0v) is 10.2. The number of rotatable bonds is 4. The van der Waals surface area contributed by atoms with Crippen LogP contribution in [-0.4, -0.2) is 41.5 Å². The lowest BCUT2D eigenvalue weighted by Gasteiger charge is -2.23. The number of aromatic nitrogens is 1. The summed E-state index contributed by atoms with van der Waals surface area (Å²) in [5.74, 6) is -0.0378. The lowest BCUT2D eigenvalue weighted by molar-refractivity contribution is 0.0940. The molecular weight excluding hydrogens is 214 g/mol. The molecule has 0 radical (unpaired) electrons. The average Bonchev–Trinajstić information content (AvgIpc) is 2.90. The van der Waals surface area contributed by atoms with Crippen molar-refractivity contribution in [3.8, 4) is 0 Å². The molecule has 2 heterocycles. The predicted molar refractivity (Wildman–Crippen MR) is 66.8 cm³/mol. The Hall–Kier alpha value is -1.42. The fraction of sp³-hybridized carbons (Fsp3) is 0.538. The first-order chi connectivity index (χ1) is 8.27. The van der Waals surface area contributed by atoms with Gasteiger partial charge in [0.2, 0.25) is 0 Å². The van der Waals surface area contributed by atoms with Crippen molar-refractivity contribution in [3.63, 3.8) is 0 Å². The highest BCUT2D eigenvalue weighted by atomic mass is 16.1. The van der Waals surface area contributed by atoms with E-state index in [4.69, 9.17) is 0 Å². The Labute approximate surface area is 102 Å². The van der Waals surface area contributed by atoms with Crippen molar-refractivity contribution in [1.82, 2.24) is 15.2 Å². The van der Waals surface area contributed by atoms with E-state index in [1.807, 2.05) is 0 Å². The van der Waals surface area contributed by atoms with Gasteiger partial charge in [-0.2, -0.15) is 0 Å². The van der Waals surface area contributed by atoms with E-state index in [9.17, 15) is 4.79 Å². The molecule has 4 nitrogen and oxygen atoms in total. The van der Waals surface area contributed by atoms with Gasteiger partial charge in [0.1, 0.15) is 0 Å². The molecule has 1 atom stereocenters. The SMILES string of the molecule is C[C@@H](CNC(=O)c1cccnc1)N1CCCC1. The molecular formula is C13H19N3O. The first-order valence-corrected chi connectivity index (χ1v) is 6.19. The second-order valence-corrected chi connectivity index (χ2v) is 4.54. The Morgan fingerprint density at radius 3 is 2.94 bits per heavy atom. The third-order valence-corrected chi connectivity index (χ3v) is 3.25. The van der Waals surface area contributed by atoms with E-state index in [0.717, 1.165) is 13.1 Å². The minimum atomic E-state index is -0.0378. The standard InChI is InChI=1S/C13H19N3O/c1-11(16-7-2-3-8-16)9-15-13(17)12-5-4-6-14-10-12/h4-6,10-11H,2-3,7-9H2,1H3,(H,15,17)/t11-/m0/s1. The van der Waals surface area contributed by atoms with Crippen LogP contribution in [0.3, 0.4) is 0 Å². The summed E-state index contributed by atoms with van der Waals surface area (Å²) in [7, 11) is 0. The Morgan fingerprint density at radius 1 is 1.53 bits per heavy atom. The summed E-state index contributed by atoms with van der Waals surface area (Å²) in [5.41, 5.74) is 0.626. The van der Waals surface area contributed by atoms with Gasteiger partial charge in [0, 0.05) is 25.0 Å². The van der Waals surface area contributed by atoms with Gasteiger partial charge in [-0.1, -0.05) is 0 Å². The van der Waals surface area contributed by atoms with Crippen LogP contribution in [0.25, 0.3) is 0 Å². The summed E-state index contributed by atoms with van der Waals surface area (Å²) >= 11 is 0. The molecule has 1 amide bonds. The third kappa shape index (κ3) is 3.27. The summed E-state index contributed by atoms with van der Waals surface area (Å²) in [6.45, 7) is 5.18. The summed E-state index contributed by atoms with van der Waals surface area (Å²) in [4.78, 5) is 18.2. The number of carbonyl (C=O) groups excluding carboxylic acids is 1. The first-order valence-electron chi connectivity index (χ1n) is 6.19. The van der Waals surface area contributed by atoms with E-state index in [-0.39, 0.29) is 5.91 Å². The van der Waals surface area contributed by atoms with Gasteiger partial charge in [0.25, 0.3) is 5.91 Å². The Balaban J connectivity index is 1.80. The molecule has 1 saturated heterocycles. The fourth-order valence-electron chi connectivity index (χ4n) is 2.15. The van der Waals surface area contributed by atoms with Gasteiger partial charge in [-0.25, -0.2) is 0 Å². The van der Waals surface area contributed by atoms with Gasteiger partial charge in [0.15, 0.2) is 0 Å². The molecule has 0 aliphatic carbocycles. The minimum absolute atomic E-state index is 0.0378. The van der Waals surface area contributed by atoms with Crippen LogP contribution >= 0.6 is 0 Å². The molecule has 0 bridgehead atoms. The molecule has 0 spiro atoms. The Morgan fingerprint density at radius 2 is 2.29 bits per heavy atom. The molecule has 1 fully saturated rings. The van der Waals surface area contributed by atoms with Crippen molar-refractivity contribution in [3.05, 3.63) is 30.1 Å². The van der Waals surface area contributed by atoms with Crippen LogP contribution in [0, 0.1) is 0 Å². The molecule has 1 N–H and O–H groups in total. The molecule has 2 rings (SSSR count). The van der Waals surface area contributed by atoms with Crippen molar-refractivity contribution in [2.75, 3.05) is 19.6 Å². The predicted octanol–water partition coefficient (Wildman–Crippen LogP) is 1.30. The number of amides is 1. The number of hydrogen-bond acceptors (Lipinski definition) is 3. The second kappa shape index (κ2) is 5.77. The summed E-state index contributed by atoms with van der Waals surface area (Å²) in [6.07, 6.45) is 5.82. The van der Waals surface area contributed by atoms with Crippen LogP contribution in [0.5, 0.6) is 0 Å². The smallest absolute Gasteiger partial charge is 0.252 e. The van der Waals surface area contributed by atoms with Crippen molar-refractivity contribution in [1.29, 1.82) is 0 Å². The van der Waals surface area contributed by atoms with Gasteiger partial charge in [-0.15, -0.1) is 0 Å². The second-order valence-electron chi connectivity index (χ2n) is 4.54. The molecule has 4 heteroatoms. The number of nitrogens with zero attached hydrogens (tertiary/aromatic N) is 2. The van der Waals surface area contributed by atoms with Crippen molar-refractivity contribution < 1.29 is 4.79 Å². The van der Waals surface area contributed by atoms with Gasteiger partial charge in [-0.05, 0) is 45.0 Å². The van der Waals surface area contributed by atoms with E-state index < -0.39 is 0 Å². The quantitative estimate of drug-likeness (QED) is 0.852. The van der Waals surface area contributed by atoms with Crippen LogP contribution in [0.4, 0.5) is 0 Å². The molecule has 1 aromatic rings. The van der Waals surface area contributed by atoms with Crippen molar-refractivity contribution in [2.24, 2.45) is 0 Å². The zero-order chi connectivity index (χ0) is 12.1. The first kappa shape index (κ1) is 12.0. The van der Waals surface area contributed by atoms with Gasteiger partial charge in [-0.3, -0.25) is 14.7 Å². The fourth-order valence-corrected chi connectivity index (χ4v) is 2.15. The topological polar surface area (TPSA) is 45.2 Å². The number of carbonyl (C=O) groups is 1. The molecule has 17 heavy (non-hydrogen) atoms. The van der Waals surface area contributed by atoms with Crippen molar-refractivity contribution in [2.45, 2.75) is 25.8 Å². The maximum atomic E-state index is 11.8. The monoisotopic (exact) mass is 233 g/mol. The van der Waals surface area contributed by atoms with Crippen LogP contribution in [0.15, 0.2) is 24.5 Å². The molecule has 0 unspecified atom stereocenters. The van der Waals surface area contributed by atoms with Crippen LogP contribution < -0.4 is 5.32 Å². The lowest BCUT2D eigenvalue weighted by Crippen LogP contribution is -2.40. The normalized spacial score (nSPS) is 17.9. The maximum Gasteiger partial charge on any atom is 0.252 e. The van der Waals surface area contributed by atoms with Crippen molar-refractivity contribution >= 4 is 5.91 Å². The minimum Gasteiger partial charge on any atom is -0.350 e. The van der Waals surface area contributed by atoms with E-state index in [1.165, 1.54) is 12.8 Å². The largest absolute Gasteiger partial charge is 0.350 e. The summed E-state index contributed by atoms with van der Waals surface area (Å²) < 4.78 is 0. The van der Waals surface area contributed by atoms with Gasteiger partial charge < -0.3 is 5.32 Å². The van der Waals surface area contributed by atoms with Crippen LogP contribution in [0.2, 0.25) is 0 Å². The highest BCUT2D eigenvalue weighted by molar-refractivity contribution is 5.93. The average molecular weight is 233 g/mol. The Kier molecular flexibility index (Phi) is 4.09. The zero-order valence-electron chi connectivity index (χ0n) is 10.2. The molecule has 1 aromatic heterocycles. The summed E-state index contributed by atoms with van der Waals surface area (Å²) in [5, 5.41) is 2.96. The van der Waals surface area contributed by atoms with E-state index in [0.29, 0.717) is 18.2 Å². The molecule has 1 aliphatic heterocycles. The van der Waals surface area contributed by atoms with Crippen LogP contribution in [0.1, 0.15) is 30.1 Å². The Bertz CT molecular complexity index is 360. The highest BCUT2D eigenvalue weighted by Gasteiger charge is 2.18. The van der Waals surface area contributed by atoms with E-state index in [2.05, 4.69) is 22.1 Å². The summed E-state index contributed by atoms with van der Waals surface area (Å²) in [6, 6.07) is 3.97. The molecule has 92 valence electrons.